The quantitative estimate of drug-likeness (QED) is 0.0477. The number of hydrogen-bond donors (Lipinski definition) is 0. The van der Waals surface area contributed by atoms with Crippen LogP contribution >= 0.6 is 48.9 Å². The third-order valence-corrected chi connectivity index (χ3v) is 8.86. The van der Waals surface area contributed by atoms with Crippen LogP contribution in [0, 0.1) is 35.6 Å². The maximum atomic E-state index is 9.58. The molecule has 0 unspecified atom stereocenters. The molecule has 0 aliphatic carbocycles. The Morgan fingerprint density at radius 3 is 0.683 bits per heavy atom. The number of rotatable bonds is 4. The zero-order valence-corrected chi connectivity index (χ0v) is 32.2. The summed E-state index contributed by atoms with van der Waals surface area (Å²) in [5.41, 5.74) is 0. The van der Waals surface area contributed by atoms with E-state index in [0.29, 0.717) is 0 Å². The molecule has 0 bridgehead atoms. The Bertz CT molecular complexity index is 879. The summed E-state index contributed by atoms with van der Waals surface area (Å²) < 4.78 is 57.5. The topological polar surface area (TPSA) is 0 Å². The van der Waals surface area contributed by atoms with E-state index in [4.69, 9.17) is 0 Å². The van der Waals surface area contributed by atoms with E-state index in [1.165, 1.54) is 21.2 Å². The first-order chi connectivity index (χ1) is 17.9. The SMILES string of the molecule is CI.F[C-](F)F.F[C-](F)F.[Au].[CH3-].[CH3-].[CH3-].[I][Au].c1ccc([P+](c2ccccc2)(c2ccccc2)c2ccccc2)cc1. The van der Waals surface area contributed by atoms with Gasteiger partial charge in [0.2, 0.25) is 0 Å². The Balaban J connectivity index is -0.000000236. The van der Waals surface area contributed by atoms with Crippen molar-refractivity contribution >= 4 is 70.1 Å². The average Bonchev–Trinajstić information content (AvgIpc) is 2.93. The third kappa shape index (κ3) is 18.3. The second kappa shape index (κ2) is 31.3. The molecule has 239 valence electrons. The Labute approximate surface area is 294 Å². The number of hydrogen-bond acceptors (Lipinski definition) is 0. The van der Waals surface area contributed by atoms with E-state index in [9.17, 15) is 26.3 Å². The molecular formula is C30H32Au2F6I2P-4. The van der Waals surface area contributed by atoms with Gasteiger partial charge in [-0.3, -0.25) is 0 Å². The maximum Gasteiger partial charge on any atom is 0.144 e. The molecule has 0 saturated heterocycles. The zero-order chi connectivity index (χ0) is 28.1. The molecule has 0 nitrogen and oxygen atoms in total. The van der Waals surface area contributed by atoms with Crippen LogP contribution in [-0.4, -0.2) is 4.93 Å². The van der Waals surface area contributed by atoms with Gasteiger partial charge >= 0.3 is 36.3 Å². The van der Waals surface area contributed by atoms with Crippen LogP contribution in [0.5, 0.6) is 0 Å². The first-order valence-electron chi connectivity index (χ1n) is 10.2. The molecule has 1 radical (unpaired) electrons. The summed E-state index contributed by atoms with van der Waals surface area (Å²) >= 11 is 6.49. The van der Waals surface area contributed by atoms with E-state index >= 15 is 0 Å². The van der Waals surface area contributed by atoms with E-state index < -0.39 is 20.6 Å². The minimum Gasteiger partial charge on any atom is -0.0620 e. The fourth-order valence-corrected chi connectivity index (χ4v) is 7.77. The van der Waals surface area contributed by atoms with Gasteiger partial charge in [0.1, 0.15) is 28.5 Å². The molecule has 0 spiro atoms. The Hall–Kier alpha value is -0.169. The summed E-state index contributed by atoms with van der Waals surface area (Å²) in [5.74, 6) is 0. The van der Waals surface area contributed by atoms with Crippen molar-refractivity contribution in [2.45, 2.75) is 0 Å². The summed E-state index contributed by atoms with van der Waals surface area (Å²) in [4.78, 5) is 1.97. The number of alkyl halides is 1. The molecule has 0 N–H and O–H groups in total. The summed E-state index contributed by atoms with van der Waals surface area (Å²) in [5, 5.41) is 5.55. The molecule has 4 rings (SSSR count). The van der Waals surface area contributed by atoms with Crippen LogP contribution in [0.3, 0.4) is 0 Å². The van der Waals surface area contributed by atoms with Gasteiger partial charge in [-0.2, -0.15) is 0 Å². The fraction of sp³-hybridized carbons (Fsp3) is 0.0333. The average molecular weight is 1190 g/mol. The number of benzene rings is 4. The maximum absolute atomic E-state index is 9.58. The van der Waals surface area contributed by atoms with Crippen molar-refractivity contribution in [2.75, 3.05) is 4.93 Å². The molecule has 0 atom stereocenters. The molecule has 0 aliphatic rings. The van der Waals surface area contributed by atoms with Crippen LogP contribution in [0.1, 0.15) is 0 Å². The molecule has 0 heterocycles. The molecule has 4 aromatic rings. The van der Waals surface area contributed by atoms with Gasteiger partial charge in [0, 0.05) is 22.4 Å². The predicted molar refractivity (Wildman–Crippen MR) is 178 cm³/mol. The number of halogens is 8. The van der Waals surface area contributed by atoms with Gasteiger partial charge in [0.15, 0.2) is 13.4 Å². The normalized spacial score (nSPS) is 8.90. The largest absolute Gasteiger partial charge is 0.144 e. The van der Waals surface area contributed by atoms with Crippen LogP contribution in [0.15, 0.2) is 121 Å². The van der Waals surface area contributed by atoms with E-state index in [1.807, 2.05) is 4.93 Å². The molecule has 41 heavy (non-hydrogen) atoms. The van der Waals surface area contributed by atoms with Gasteiger partial charge in [-0.25, -0.2) is 0 Å². The van der Waals surface area contributed by atoms with Crippen LogP contribution in [0.25, 0.3) is 0 Å². The first kappa shape index (κ1) is 50.5. The first-order valence-corrected chi connectivity index (χ1v) is 20.3. The second-order valence-corrected chi connectivity index (χ2v) is 9.85. The van der Waals surface area contributed by atoms with Crippen LogP contribution in [0.2, 0.25) is 0 Å². The van der Waals surface area contributed by atoms with Crippen LogP contribution in [-0.2, 0) is 39.6 Å². The van der Waals surface area contributed by atoms with E-state index in [1.54, 1.807) is 0 Å². The second-order valence-electron chi connectivity index (χ2n) is 6.44. The van der Waals surface area contributed by atoms with Gasteiger partial charge in [0.25, 0.3) is 0 Å². The smallest absolute Gasteiger partial charge is 0.0620 e. The van der Waals surface area contributed by atoms with Gasteiger partial charge in [-0.05, 0) is 53.5 Å². The molecule has 11 heteroatoms. The van der Waals surface area contributed by atoms with Crippen molar-refractivity contribution in [2.24, 2.45) is 0 Å². The minimum atomic E-state index is -3.08. The Morgan fingerprint density at radius 2 is 0.561 bits per heavy atom. The zero-order valence-electron chi connectivity index (χ0n) is 22.6. The molecule has 4 aromatic carbocycles. The van der Waals surface area contributed by atoms with Crippen molar-refractivity contribution < 1.29 is 66.0 Å². The minimum absolute atomic E-state index is 0. The van der Waals surface area contributed by atoms with Gasteiger partial charge in [0.05, 0.1) is 0 Å². The van der Waals surface area contributed by atoms with Crippen molar-refractivity contribution in [3.05, 3.63) is 157 Å². The Morgan fingerprint density at radius 1 is 0.439 bits per heavy atom. The predicted octanol–water partition coefficient (Wildman–Crippen LogP) is 10.3. The van der Waals surface area contributed by atoms with Gasteiger partial charge in [-0.15, -0.1) is 0 Å². The van der Waals surface area contributed by atoms with Crippen molar-refractivity contribution in [1.82, 2.24) is 0 Å². The van der Waals surface area contributed by atoms with Crippen molar-refractivity contribution in [3.8, 4) is 0 Å². The van der Waals surface area contributed by atoms with Crippen molar-refractivity contribution in [3.63, 3.8) is 0 Å². The monoisotopic (exact) mass is 1180 g/mol. The fourth-order valence-electron chi connectivity index (χ4n) is 3.50. The summed E-state index contributed by atoms with van der Waals surface area (Å²) in [6.45, 7) is -6.17. The molecule has 0 fully saturated rings. The van der Waals surface area contributed by atoms with E-state index in [0.717, 1.165) is 0 Å². The molecule has 0 aliphatic heterocycles. The molecule has 0 saturated carbocycles. The van der Waals surface area contributed by atoms with Gasteiger partial charge < -0.3 is 48.6 Å². The summed E-state index contributed by atoms with van der Waals surface area (Å²) in [7, 11) is -1.91. The molecular weight excluding hydrogens is 1150 g/mol. The standard InChI is InChI=1S/C24H20P.2CF3.CH3I.3CH3.2Au.HI/c1-5-13-21(14-6-1)25(22-15-7-2-8-16-22,23-17-9-3-10-18-23)24-19-11-4-12-20-24;2*2-1(3)4;1-2;;;;;;/h1-20H;;;1H3;3*1H3;;;1H/q+1;2*-1;;3*-1;;+1;/p-1. The van der Waals surface area contributed by atoms with Crippen LogP contribution in [0.4, 0.5) is 26.3 Å². The van der Waals surface area contributed by atoms with Gasteiger partial charge in [-0.1, -0.05) is 95.4 Å². The Kier molecular flexibility index (Phi) is 38.5. The summed E-state index contributed by atoms with van der Waals surface area (Å²) in [6.07, 6.45) is 0. The third-order valence-electron chi connectivity index (χ3n) is 4.57. The van der Waals surface area contributed by atoms with E-state index in [2.05, 4.69) is 180 Å². The molecule has 0 amide bonds. The van der Waals surface area contributed by atoms with E-state index in [-0.39, 0.29) is 44.7 Å². The molecule has 0 aromatic heterocycles. The van der Waals surface area contributed by atoms with Crippen LogP contribution < -0.4 is 21.2 Å². The summed E-state index contributed by atoms with van der Waals surface area (Å²) in [6, 6.07) is 43.8. The van der Waals surface area contributed by atoms with Crippen molar-refractivity contribution in [1.29, 1.82) is 0 Å².